The van der Waals surface area contributed by atoms with Crippen LogP contribution in [-0.2, 0) is 4.79 Å². The first-order chi connectivity index (χ1) is 20.3. The number of anilines is 3. The predicted octanol–water partition coefficient (Wildman–Crippen LogP) is 4.00. The molecular formula is C28H26F2N8O3S. The third kappa shape index (κ3) is 6.35. The number of fused-ring (bicyclic) bond motifs is 1. The van der Waals surface area contributed by atoms with E-state index in [1.165, 1.54) is 17.8 Å². The average Bonchev–Trinajstić information content (AvgIpc) is 3.67. The average molecular weight is 593 g/mol. The summed E-state index contributed by atoms with van der Waals surface area (Å²) < 4.78 is 34.4. The fraction of sp³-hybridized carbons (Fsp3) is 0.214. The normalized spacial score (nSPS) is 17.0. The number of aryl methyl sites for hydroxylation is 1. The van der Waals surface area contributed by atoms with Crippen LogP contribution in [0.3, 0.4) is 0 Å². The van der Waals surface area contributed by atoms with Crippen LogP contribution < -0.4 is 15.4 Å². The summed E-state index contributed by atoms with van der Waals surface area (Å²) in [6.45, 7) is 2.32. The zero-order chi connectivity index (χ0) is 29.2. The van der Waals surface area contributed by atoms with Gasteiger partial charge in [-0.1, -0.05) is 0 Å². The highest BCUT2D eigenvalue weighted by atomic mass is 32.2. The SMILES string of the molecule is Cc1cc(Nc2nc(Sc3ccc(NC(=O)CN4C[C@H](Oc5ccc(F)cc5F)[C@@H](O)C4)cc3)nn3cccc23)n[nH]1. The van der Waals surface area contributed by atoms with Gasteiger partial charge in [0.1, 0.15) is 23.5 Å². The number of ether oxygens (including phenoxy) is 1. The van der Waals surface area contributed by atoms with Crippen molar-refractivity contribution in [1.29, 1.82) is 0 Å². The number of aliphatic hydroxyl groups is 1. The Hall–Kier alpha value is -4.53. The molecule has 5 aromatic rings. The molecule has 0 bridgehead atoms. The molecule has 2 atom stereocenters. The number of amides is 1. The zero-order valence-electron chi connectivity index (χ0n) is 22.3. The molecule has 1 aliphatic rings. The largest absolute Gasteiger partial charge is 0.483 e. The molecule has 4 heterocycles. The highest BCUT2D eigenvalue weighted by molar-refractivity contribution is 7.99. The minimum absolute atomic E-state index is 0.00927. The van der Waals surface area contributed by atoms with E-state index in [0.29, 0.717) is 22.5 Å². The third-order valence-corrected chi connectivity index (χ3v) is 7.39. The van der Waals surface area contributed by atoms with E-state index in [4.69, 9.17) is 4.74 Å². The van der Waals surface area contributed by atoms with Crippen LogP contribution in [-0.4, -0.2) is 72.6 Å². The smallest absolute Gasteiger partial charge is 0.238 e. The quantitative estimate of drug-likeness (QED) is 0.201. The number of carbonyl (C=O) groups excluding carboxylic acids is 1. The molecule has 1 amide bonds. The Bertz CT molecular complexity index is 1730. The maximum absolute atomic E-state index is 13.9. The molecule has 1 fully saturated rings. The van der Waals surface area contributed by atoms with Crippen molar-refractivity contribution in [1.82, 2.24) is 29.7 Å². The van der Waals surface area contributed by atoms with Crippen molar-refractivity contribution < 1.29 is 23.4 Å². The number of rotatable bonds is 9. The van der Waals surface area contributed by atoms with Gasteiger partial charge < -0.3 is 20.5 Å². The van der Waals surface area contributed by atoms with Crippen LogP contribution >= 0.6 is 11.8 Å². The van der Waals surface area contributed by atoms with Gasteiger partial charge in [0.05, 0.1) is 6.54 Å². The molecule has 0 aliphatic carbocycles. The molecule has 0 saturated carbocycles. The molecule has 11 nitrogen and oxygen atoms in total. The van der Waals surface area contributed by atoms with Gasteiger partial charge in [0.2, 0.25) is 11.1 Å². The maximum atomic E-state index is 13.9. The topological polar surface area (TPSA) is 133 Å². The first-order valence-corrected chi connectivity index (χ1v) is 13.8. The van der Waals surface area contributed by atoms with Crippen molar-refractivity contribution in [2.45, 2.75) is 29.2 Å². The lowest BCUT2D eigenvalue weighted by atomic mass is 10.2. The molecule has 42 heavy (non-hydrogen) atoms. The summed E-state index contributed by atoms with van der Waals surface area (Å²) in [6.07, 6.45) is 0.168. The number of nitrogens with one attached hydrogen (secondary N) is 3. The van der Waals surface area contributed by atoms with E-state index < -0.39 is 23.8 Å². The summed E-state index contributed by atoms with van der Waals surface area (Å²) in [4.78, 5) is 19.9. The van der Waals surface area contributed by atoms with E-state index in [1.807, 2.05) is 43.5 Å². The molecular weight excluding hydrogens is 566 g/mol. The van der Waals surface area contributed by atoms with Gasteiger partial charge in [-0.3, -0.25) is 14.8 Å². The lowest BCUT2D eigenvalue weighted by molar-refractivity contribution is -0.117. The van der Waals surface area contributed by atoms with Gasteiger partial charge in [-0.2, -0.15) is 5.10 Å². The minimum Gasteiger partial charge on any atom is -0.483 e. The Morgan fingerprint density at radius 3 is 2.76 bits per heavy atom. The van der Waals surface area contributed by atoms with E-state index >= 15 is 0 Å². The van der Waals surface area contributed by atoms with Crippen molar-refractivity contribution in [3.8, 4) is 5.75 Å². The van der Waals surface area contributed by atoms with Crippen LogP contribution in [0.5, 0.6) is 5.75 Å². The summed E-state index contributed by atoms with van der Waals surface area (Å²) in [6, 6.07) is 15.9. The summed E-state index contributed by atoms with van der Waals surface area (Å²) in [7, 11) is 0. The fourth-order valence-electron chi connectivity index (χ4n) is 4.58. The molecule has 216 valence electrons. The van der Waals surface area contributed by atoms with Gasteiger partial charge in [0.25, 0.3) is 0 Å². The molecule has 14 heteroatoms. The Morgan fingerprint density at radius 2 is 2.00 bits per heavy atom. The molecule has 3 aromatic heterocycles. The zero-order valence-corrected chi connectivity index (χ0v) is 23.1. The van der Waals surface area contributed by atoms with E-state index in [-0.39, 0.29) is 31.3 Å². The van der Waals surface area contributed by atoms with Crippen LogP contribution in [0.15, 0.2) is 76.9 Å². The summed E-state index contributed by atoms with van der Waals surface area (Å²) in [5.74, 6) is -0.719. The number of benzene rings is 2. The summed E-state index contributed by atoms with van der Waals surface area (Å²) in [5, 5.41) is 28.6. The predicted molar refractivity (Wildman–Crippen MR) is 152 cm³/mol. The van der Waals surface area contributed by atoms with Gasteiger partial charge in [-0.25, -0.2) is 18.3 Å². The number of halogens is 2. The standard InChI is InChI=1S/C28H26F2N8O3S/c1-16-11-25(35-34-16)32-27-21-3-2-10-38(21)36-28(33-27)42-19-7-5-18(6-8-19)31-26(40)15-37-13-22(39)24(14-37)41-23-9-4-17(29)12-20(23)30/h2-12,22,24,39H,13-15H2,1H3,(H,31,40)(H2,32,33,34,35,36)/t22-,24-/m0/s1. The molecule has 0 spiro atoms. The van der Waals surface area contributed by atoms with E-state index in [2.05, 4.69) is 30.9 Å². The van der Waals surface area contributed by atoms with Gasteiger partial charge in [0, 0.05) is 47.7 Å². The van der Waals surface area contributed by atoms with Crippen molar-refractivity contribution in [3.05, 3.63) is 84.2 Å². The van der Waals surface area contributed by atoms with Gasteiger partial charge in [-0.15, -0.1) is 5.10 Å². The van der Waals surface area contributed by atoms with Crippen LogP contribution in [0.4, 0.5) is 26.1 Å². The Labute approximate surface area is 242 Å². The second-order valence-corrected chi connectivity index (χ2v) is 10.8. The number of aromatic nitrogens is 5. The Morgan fingerprint density at radius 1 is 1.17 bits per heavy atom. The number of aliphatic hydroxyl groups excluding tert-OH is 1. The van der Waals surface area contributed by atoms with E-state index in [0.717, 1.165) is 28.2 Å². The third-order valence-electron chi connectivity index (χ3n) is 6.52. The number of β-amino-alcohol motifs (C(OH)–C–C–N with tert-alkyl or cyclic N) is 1. The lowest BCUT2D eigenvalue weighted by Gasteiger charge is -2.17. The van der Waals surface area contributed by atoms with E-state index in [9.17, 15) is 18.7 Å². The van der Waals surface area contributed by atoms with Crippen molar-refractivity contribution in [2.75, 3.05) is 30.3 Å². The van der Waals surface area contributed by atoms with Gasteiger partial charge in [-0.05, 0) is 67.2 Å². The number of likely N-dealkylation sites (tertiary alicyclic amines) is 1. The number of hydrogen-bond acceptors (Lipinski definition) is 9. The van der Waals surface area contributed by atoms with Crippen molar-refractivity contribution in [2.24, 2.45) is 0 Å². The molecule has 4 N–H and O–H groups in total. The Kier molecular flexibility index (Phi) is 7.73. The number of H-pyrrole nitrogens is 1. The molecule has 0 radical (unpaired) electrons. The molecule has 1 saturated heterocycles. The highest BCUT2D eigenvalue weighted by Crippen LogP contribution is 2.29. The Balaban J connectivity index is 1.04. The second kappa shape index (κ2) is 11.8. The van der Waals surface area contributed by atoms with E-state index in [1.54, 1.807) is 21.5 Å². The number of aromatic amines is 1. The molecule has 0 unspecified atom stereocenters. The molecule has 1 aliphatic heterocycles. The highest BCUT2D eigenvalue weighted by Gasteiger charge is 2.34. The number of hydrogen-bond donors (Lipinski definition) is 4. The van der Waals surface area contributed by atoms with Gasteiger partial charge >= 0.3 is 0 Å². The van der Waals surface area contributed by atoms with Crippen LogP contribution in [0.1, 0.15) is 5.69 Å². The lowest BCUT2D eigenvalue weighted by Crippen LogP contribution is -2.33. The number of carbonyl (C=O) groups is 1. The fourth-order valence-corrected chi connectivity index (χ4v) is 5.33. The molecule has 2 aromatic carbocycles. The monoisotopic (exact) mass is 592 g/mol. The minimum atomic E-state index is -0.925. The second-order valence-electron chi connectivity index (χ2n) is 9.81. The van der Waals surface area contributed by atoms with Crippen LogP contribution in [0.2, 0.25) is 0 Å². The maximum Gasteiger partial charge on any atom is 0.238 e. The number of nitrogens with zero attached hydrogens (tertiary/aromatic N) is 5. The first-order valence-electron chi connectivity index (χ1n) is 13.0. The van der Waals surface area contributed by atoms with Gasteiger partial charge in [0.15, 0.2) is 23.2 Å². The first kappa shape index (κ1) is 27.6. The van der Waals surface area contributed by atoms with Crippen LogP contribution in [0.25, 0.3) is 5.52 Å². The van der Waals surface area contributed by atoms with Crippen molar-refractivity contribution in [3.63, 3.8) is 0 Å². The molecule has 6 rings (SSSR count). The summed E-state index contributed by atoms with van der Waals surface area (Å²) in [5.41, 5.74) is 2.34. The summed E-state index contributed by atoms with van der Waals surface area (Å²) >= 11 is 1.37. The van der Waals surface area contributed by atoms with Crippen molar-refractivity contribution >= 4 is 40.5 Å². The van der Waals surface area contributed by atoms with Crippen LogP contribution in [0, 0.1) is 18.6 Å².